The van der Waals surface area contributed by atoms with Gasteiger partial charge in [0.05, 0.1) is 13.0 Å². The number of rotatable bonds is 3. The van der Waals surface area contributed by atoms with Gasteiger partial charge in [0, 0.05) is 13.1 Å². The lowest BCUT2D eigenvalue weighted by Crippen LogP contribution is -2.30. The van der Waals surface area contributed by atoms with Crippen molar-refractivity contribution in [2.75, 3.05) is 12.4 Å². The molecule has 0 aliphatic heterocycles. The van der Waals surface area contributed by atoms with E-state index in [9.17, 15) is 4.79 Å². The second kappa shape index (κ2) is 5.11. The molecule has 0 atom stereocenters. The summed E-state index contributed by atoms with van der Waals surface area (Å²) in [4.78, 5) is 11.4. The van der Waals surface area contributed by atoms with Gasteiger partial charge < -0.3 is 10.1 Å². The quantitative estimate of drug-likeness (QED) is 0.767. The number of carbonyl (C=O) groups excluding carboxylic acids is 1. The van der Waals surface area contributed by atoms with Crippen LogP contribution in [0.25, 0.3) is 0 Å². The fourth-order valence-corrected chi connectivity index (χ4v) is 2.17. The van der Waals surface area contributed by atoms with Crippen molar-refractivity contribution in [1.29, 1.82) is 0 Å². The van der Waals surface area contributed by atoms with E-state index in [1.165, 1.54) is 7.11 Å². The van der Waals surface area contributed by atoms with Crippen LogP contribution in [-0.2, 0) is 16.6 Å². The molecular weight excluding hydrogens is 222 g/mol. The van der Waals surface area contributed by atoms with Crippen molar-refractivity contribution in [3.8, 4) is 0 Å². The molecule has 0 radical (unpaired) electrons. The topological polar surface area (TPSA) is 81.9 Å². The highest BCUT2D eigenvalue weighted by atomic mass is 16.5. The third-order valence-electron chi connectivity index (χ3n) is 3.22. The van der Waals surface area contributed by atoms with Crippen LogP contribution < -0.4 is 5.32 Å². The molecule has 1 aromatic rings. The Labute approximate surface area is 99.5 Å². The Morgan fingerprint density at radius 1 is 1.41 bits per heavy atom. The van der Waals surface area contributed by atoms with E-state index in [0.717, 1.165) is 25.7 Å². The van der Waals surface area contributed by atoms with Crippen molar-refractivity contribution < 1.29 is 9.53 Å². The molecule has 0 saturated heterocycles. The SMILES string of the molecule is COC(=O)C1CCC(Nc2nnnn2C)CC1. The predicted octanol–water partition coefficient (Wildman–Crippen LogP) is 0.354. The van der Waals surface area contributed by atoms with Crippen molar-refractivity contribution in [2.45, 2.75) is 31.7 Å². The maximum atomic E-state index is 11.4. The van der Waals surface area contributed by atoms with Crippen LogP contribution in [0.3, 0.4) is 0 Å². The molecule has 0 amide bonds. The molecule has 94 valence electrons. The number of aryl methyl sites for hydroxylation is 1. The lowest BCUT2D eigenvalue weighted by molar-refractivity contribution is -0.146. The molecule has 1 heterocycles. The first-order chi connectivity index (χ1) is 8.20. The highest BCUT2D eigenvalue weighted by Gasteiger charge is 2.27. The second-order valence-electron chi connectivity index (χ2n) is 4.34. The number of esters is 1. The fraction of sp³-hybridized carbons (Fsp3) is 0.800. The first-order valence-corrected chi connectivity index (χ1v) is 5.77. The van der Waals surface area contributed by atoms with Crippen molar-refractivity contribution >= 4 is 11.9 Å². The van der Waals surface area contributed by atoms with Crippen LogP contribution in [0.2, 0.25) is 0 Å². The zero-order valence-corrected chi connectivity index (χ0v) is 10.1. The highest BCUT2D eigenvalue weighted by Crippen LogP contribution is 2.26. The largest absolute Gasteiger partial charge is 0.469 e. The zero-order valence-electron chi connectivity index (χ0n) is 10.1. The molecule has 1 fully saturated rings. The van der Waals surface area contributed by atoms with E-state index in [1.54, 1.807) is 11.7 Å². The summed E-state index contributed by atoms with van der Waals surface area (Å²) in [7, 11) is 3.24. The number of anilines is 1. The monoisotopic (exact) mass is 239 g/mol. The Hall–Kier alpha value is -1.66. The Morgan fingerprint density at radius 3 is 2.65 bits per heavy atom. The molecule has 1 N–H and O–H groups in total. The van der Waals surface area contributed by atoms with Gasteiger partial charge in [-0.2, -0.15) is 0 Å². The maximum absolute atomic E-state index is 11.4. The van der Waals surface area contributed by atoms with E-state index in [1.807, 2.05) is 0 Å². The number of carbonyl (C=O) groups is 1. The summed E-state index contributed by atoms with van der Waals surface area (Å²) in [5, 5.41) is 14.5. The third kappa shape index (κ3) is 2.72. The van der Waals surface area contributed by atoms with E-state index in [2.05, 4.69) is 20.8 Å². The Bertz CT molecular complexity index is 384. The molecule has 1 aliphatic rings. The van der Waals surface area contributed by atoms with Gasteiger partial charge in [0.25, 0.3) is 0 Å². The molecule has 7 nitrogen and oxygen atoms in total. The lowest BCUT2D eigenvalue weighted by Gasteiger charge is -2.27. The summed E-state index contributed by atoms with van der Waals surface area (Å²) in [6, 6.07) is 0.334. The number of nitrogens with one attached hydrogen (secondary N) is 1. The van der Waals surface area contributed by atoms with E-state index < -0.39 is 0 Å². The van der Waals surface area contributed by atoms with Gasteiger partial charge in [0.15, 0.2) is 0 Å². The molecule has 1 aromatic heterocycles. The molecule has 17 heavy (non-hydrogen) atoms. The molecule has 0 spiro atoms. The molecular formula is C10H17N5O2. The third-order valence-corrected chi connectivity index (χ3v) is 3.22. The maximum Gasteiger partial charge on any atom is 0.308 e. The summed E-state index contributed by atoms with van der Waals surface area (Å²) in [5.74, 6) is 0.631. The lowest BCUT2D eigenvalue weighted by atomic mass is 9.86. The van der Waals surface area contributed by atoms with Gasteiger partial charge in [-0.05, 0) is 36.1 Å². The predicted molar refractivity (Wildman–Crippen MR) is 60.2 cm³/mol. The average Bonchev–Trinajstić information content (AvgIpc) is 2.75. The van der Waals surface area contributed by atoms with Gasteiger partial charge in [-0.15, -0.1) is 0 Å². The van der Waals surface area contributed by atoms with Gasteiger partial charge in [-0.1, -0.05) is 5.10 Å². The van der Waals surface area contributed by atoms with Crippen molar-refractivity contribution in [3.63, 3.8) is 0 Å². The Kier molecular flexibility index (Phi) is 3.55. The fourth-order valence-electron chi connectivity index (χ4n) is 2.17. The van der Waals surface area contributed by atoms with E-state index in [4.69, 9.17) is 4.74 Å². The summed E-state index contributed by atoms with van der Waals surface area (Å²) < 4.78 is 6.36. The van der Waals surface area contributed by atoms with E-state index in [0.29, 0.717) is 12.0 Å². The van der Waals surface area contributed by atoms with E-state index >= 15 is 0 Å². The molecule has 1 saturated carbocycles. The highest BCUT2D eigenvalue weighted by molar-refractivity contribution is 5.72. The van der Waals surface area contributed by atoms with Crippen LogP contribution in [0, 0.1) is 5.92 Å². The van der Waals surface area contributed by atoms with Gasteiger partial charge in [0.1, 0.15) is 0 Å². The first-order valence-electron chi connectivity index (χ1n) is 5.77. The normalized spacial score (nSPS) is 24.4. The number of tetrazole rings is 1. The zero-order chi connectivity index (χ0) is 12.3. The van der Waals surface area contributed by atoms with Gasteiger partial charge in [-0.3, -0.25) is 4.79 Å². The van der Waals surface area contributed by atoms with Gasteiger partial charge >= 0.3 is 5.97 Å². The number of ether oxygens (including phenoxy) is 1. The van der Waals surface area contributed by atoms with Crippen LogP contribution >= 0.6 is 0 Å². The van der Waals surface area contributed by atoms with Crippen molar-refractivity contribution in [3.05, 3.63) is 0 Å². The standard InChI is InChI=1S/C10H17N5O2/c1-15-10(12-13-14-15)11-8-5-3-7(4-6-8)9(16)17-2/h7-8H,3-6H2,1-2H3,(H,11,12,14). The molecule has 7 heteroatoms. The van der Waals surface area contributed by atoms with Gasteiger partial charge in [-0.25, -0.2) is 4.68 Å². The number of nitrogens with zero attached hydrogens (tertiary/aromatic N) is 4. The van der Waals surface area contributed by atoms with Crippen molar-refractivity contribution in [1.82, 2.24) is 20.2 Å². The molecule has 0 aromatic carbocycles. The minimum Gasteiger partial charge on any atom is -0.469 e. The summed E-state index contributed by atoms with van der Waals surface area (Å²) in [6.45, 7) is 0. The van der Waals surface area contributed by atoms with Crippen LogP contribution in [0.1, 0.15) is 25.7 Å². The van der Waals surface area contributed by atoms with Crippen LogP contribution in [0.5, 0.6) is 0 Å². The number of hydrogen-bond acceptors (Lipinski definition) is 6. The smallest absolute Gasteiger partial charge is 0.308 e. The number of aromatic nitrogens is 4. The van der Waals surface area contributed by atoms with Crippen molar-refractivity contribution in [2.24, 2.45) is 13.0 Å². The molecule has 0 unspecified atom stereocenters. The summed E-state index contributed by atoms with van der Waals surface area (Å²) >= 11 is 0. The van der Waals surface area contributed by atoms with Gasteiger partial charge in [0.2, 0.25) is 5.95 Å². The minimum absolute atomic E-state index is 0.0515. The first kappa shape index (κ1) is 11.8. The summed E-state index contributed by atoms with van der Waals surface area (Å²) in [6.07, 6.45) is 3.59. The molecule has 0 bridgehead atoms. The number of methoxy groups -OCH3 is 1. The Morgan fingerprint density at radius 2 is 2.12 bits per heavy atom. The average molecular weight is 239 g/mol. The van der Waals surface area contributed by atoms with Crippen LogP contribution in [0.4, 0.5) is 5.95 Å². The second-order valence-corrected chi connectivity index (χ2v) is 4.34. The Balaban J connectivity index is 1.83. The number of hydrogen-bond donors (Lipinski definition) is 1. The summed E-state index contributed by atoms with van der Waals surface area (Å²) in [5.41, 5.74) is 0. The van der Waals surface area contributed by atoms with E-state index in [-0.39, 0.29) is 11.9 Å². The minimum atomic E-state index is -0.0937. The van der Waals surface area contributed by atoms with Crippen LogP contribution in [0.15, 0.2) is 0 Å². The van der Waals surface area contributed by atoms with Crippen LogP contribution in [-0.4, -0.2) is 39.3 Å². The molecule has 2 rings (SSSR count). The molecule has 1 aliphatic carbocycles.